The van der Waals surface area contributed by atoms with E-state index in [-0.39, 0.29) is 16.4 Å². The van der Waals surface area contributed by atoms with Crippen molar-refractivity contribution >= 4 is 78.5 Å². The van der Waals surface area contributed by atoms with E-state index < -0.39 is 57.7 Å². The minimum atomic E-state index is -0.931. The average molecular weight is 3020 g/mol. The fourth-order valence-electron chi connectivity index (χ4n) is 2.49. The van der Waals surface area contributed by atoms with E-state index in [0.717, 1.165) is 144 Å². The zero-order valence-corrected chi connectivity index (χ0v) is 65.2. The molecule has 0 fully saturated rings. The van der Waals surface area contributed by atoms with Crippen molar-refractivity contribution in [2.45, 2.75) is 0 Å². The summed E-state index contributed by atoms with van der Waals surface area (Å²) in [6.45, 7) is 0. The van der Waals surface area contributed by atoms with Crippen LogP contribution in [-0.4, -0.2) is 39.5 Å². The monoisotopic (exact) mass is 3020 g/mol. The molecule has 12 nitrogen and oxygen atoms in total. The van der Waals surface area contributed by atoms with Crippen LogP contribution in [0.4, 0.5) is 43.9 Å². The van der Waals surface area contributed by atoms with Gasteiger partial charge in [-0.15, -0.1) is 0 Å². The molecule has 10 aromatic rings. The van der Waals surface area contributed by atoms with Crippen LogP contribution in [0.2, 0.25) is 0 Å². The fraction of sp³-hybridized carbons (Fsp3) is 0. The van der Waals surface area contributed by atoms with Gasteiger partial charge in [0, 0.05) is 0 Å². The summed E-state index contributed by atoms with van der Waals surface area (Å²) < 4.78 is 151. The van der Waals surface area contributed by atoms with Crippen molar-refractivity contribution in [3.63, 3.8) is 0 Å². The molecule has 0 bridgehead atoms. The standard InChI is InChI=1S/C4HAtF2O.C4HAtF2S.C4H3AtO.C4H3AtS.C3HAtF2N2.C3AtF2NO.C3AtF2NS.C3H3AtN2.C3H2AtNO.C3H2AtNS/c2*5-3-2(6)1-8-4(3)7;2*5-4-1-2-6-3-4;3*4-1-2(5)7-8-3(1)6;3*4-3-1-5-6-2-3/h2*1H;2*1-3H;(H,7,8);;;1-2H,(H,5,6);2*1-2H. The van der Waals surface area contributed by atoms with Gasteiger partial charge in [0.2, 0.25) is 0 Å². The van der Waals surface area contributed by atoms with E-state index in [1.54, 1.807) is 166 Å². The van der Waals surface area contributed by atoms with Crippen molar-refractivity contribution in [1.82, 2.24) is 39.5 Å². The Morgan fingerprint density at radius 2 is 1.29 bits per heavy atom. The summed E-state index contributed by atoms with van der Waals surface area (Å²) in [7, 11) is 0. The molecule has 0 spiro atoms. The molecule has 0 saturated heterocycles. The van der Waals surface area contributed by atoms with Gasteiger partial charge in [-0.1, -0.05) is 0 Å². The van der Waals surface area contributed by atoms with Crippen LogP contribution >= 0.6 is 45.7 Å². The Morgan fingerprint density at radius 1 is 0.571 bits per heavy atom. The summed E-state index contributed by atoms with van der Waals surface area (Å²) in [5.41, 5.74) is 0. The number of nitrogens with one attached hydrogen (secondary N) is 2. The maximum absolute atomic E-state index is 12.1. The minimum absolute atomic E-state index is 0.00926. The molecular weight excluding hydrogens is 3000 g/mol. The molecule has 2 N–H and O–H groups in total. The number of hydrogen-bond acceptors (Lipinski definition) is 14. The number of aromatic nitrogens is 8. The molecule has 10 heterocycles. The predicted molar refractivity (Wildman–Crippen MR) is 196 cm³/mol. The topological polar surface area (TPSA) is 161 Å². The summed E-state index contributed by atoms with van der Waals surface area (Å²) in [4.78, 5) is 0. The molecule has 0 aliphatic heterocycles. The van der Waals surface area contributed by atoms with Crippen molar-refractivity contribution in [3.05, 3.63) is 141 Å². The number of hydrogen-bond donors (Lipinski definition) is 2. The number of rotatable bonds is 0. The van der Waals surface area contributed by atoms with Gasteiger partial charge >= 0.3 is 568 Å². The van der Waals surface area contributed by atoms with Gasteiger partial charge in [-0.25, -0.2) is 0 Å². The van der Waals surface area contributed by atoms with Gasteiger partial charge < -0.3 is 0 Å². The number of H-pyrrole nitrogens is 2. The normalized spacial score (nSPS) is 9.43. The van der Waals surface area contributed by atoms with Crippen LogP contribution in [0.3, 0.4) is 0 Å². The molecule has 10 aromatic heterocycles. The Hall–Kier alpha value is 2.19. The van der Waals surface area contributed by atoms with E-state index >= 15 is 0 Å². The van der Waals surface area contributed by atoms with E-state index in [9.17, 15) is 43.9 Å². The second-order valence-corrected chi connectivity index (χ2v) is 28.9. The van der Waals surface area contributed by atoms with Crippen LogP contribution in [0.5, 0.6) is 0 Å². The molecule has 70 heavy (non-hydrogen) atoms. The van der Waals surface area contributed by atoms with Crippen LogP contribution in [-0.2, 0) is 0 Å². The quantitative estimate of drug-likeness (QED) is 0.215. The van der Waals surface area contributed by atoms with E-state index in [0.29, 0.717) is 11.5 Å². The Kier molecular flexibility index (Phi) is 41.4. The molecule has 0 aromatic carbocycles. The zero-order chi connectivity index (χ0) is 52.8. The Bertz CT molecular complexity index is 2300. The Balaban J connectivity index is 0.000000390. The van der Waals surface area contributed by atoms with Crippen molar-refractivity contribution in [1.29, 1.82) is 0 Å². The molecule has 0 unspecified atom stereocenters. The summed E-state index contributed by atoms with van der Waals surface area (Å²) >= 11 is 17.6. The molecule has 10 rings (SSSR count). The predicted octanol–water partition coefficient (Wildman–Crippen LogP) is 3.65. The molecule has 0 saturated carbocycles. The third-order valence-corrected chi connectivity index (χ3v) is 20.5. The van der Waals surface area contributed by atoms with Gasteiger partial charge in [0.1, 0.15) is 0 Å². The number of thiophene rings is 2. The van der Waals surface area contributed by atoms with E-state index in [2.05, 4.69) is 64.6 Å². The molecule has 0 amide bonds. The van der Waals surface area contributed by atoms with Crippen molar-refractivity contribution in [2.75, 3.05) is 0 Å². The van der Waals surface area contributed by atoms with Crippen molar-refractivity contribution in [3.8, 4) is 0 Å². The maximum atomic E-state index is 12.1. The summed E-state index contributed by atoms with van der Waals surface area (Å²) in [6.07, 6.45) is 13.0. The van der Waals surface area contributed by atoms with Gasteiger partial charge in [0.15, 0.2) is 0 Å². The van der Waals surface area contributed by atoms with Gasteiger partial charge in [0.05, 0.1) is 0 Å². The third kappa shape index (κ3) is 32.2. The number of nitrogens with zero attached hydrogens (tertiary/aromatic N) is 6. The molecule has 0 aliphatic carbocycles. The second-order valence-electron chi connectivity index (χ2n) is 10.1. The summed E-state index contributed by atoms with van der Waals surface area (Å²) in [6, 6.07) is 2.32. The molecular formula is C34H16At10F10N8O4S4. The first kappa shape index (κ1) is 70.2. The van der Waals surface area contributed by atoms with Crippen LogP contribution in [0.25, 0.3) is 0 Å². The fourth-order valence-corrected chi connectivity index (χ4v) is 10.3. The Labute approximate surface area is 557 Å². The SMILES string of the molecule is Fc1coc(F)c1[At].Fc1csc(F)c1[At].Fc1n[nH]c(F)c1[At].Fc1noc(F)c1[At].Fc1nsc(F)c1[At].[At]c1ccoc1.[At]c1ccsc1.[At]c1cn[nH]c1.[At]c1cnoc1.[At]c1cnsc1. The first-order valence-electron chi connectivity index (χ1n) is 16.3. The molecule has 0 atom stereocenters. The molecule has 380 valence electrons. The zero-order valence-electron chi connectivity index (χ0n) is 32.6. The summed E-state index contributed by atoms with van der Waals surface area (Å²) in [5.74, 6) is -4.01. The average Bonchev–Trinajstić information content (AvgIpc) is 4.21. The molecule has 36 heteroatoms. The van der Waals surface area contributed by atoms with Gasteiger partial charge in [-0.3, -0.25) is 0 Å². The van der Waals surface area contributed by atoms with Gasteiger partial charge in [0.25, 0.3) is 0 Å². The number of furan rings is 2. The first-order valence-corrected chi connectivity index (χ1v) is 34.4. The molecule has 0 radical (unpaired) electrons. The first-order chi connectivity index (χ1) is 33.0. The van der Waals surface area contributed by atoms with Crippen LogP contribution < -0.4 is 32.7 Å². The summed E-state index contributed by atoms with van der Waals surface area (Å²) in [5, 5.41) is 23.9. The van der Waals surface area contributed by atoms with E-state index in [1.807, 2.05) is 28.9 Å². The van der Waals surface area contributed by atoms with E-state index in [4.69, 9.17) is 4.42 Å². The van der Waals surface area contributed by atoms with E-state index in [1.165, 1.54) is 30.0 Å². The van der Waals surface area contributed by atoms with Crippen molar-refractivity contribution < 1.29 is 309 Å². The van der Waals surface area contributed by atoms with Gasteiger partial charge in [-0.05, 0) is 0 Å². The number of aromatic amines is 2. The second kappa shape index (κ2) is 41.3. The van der Waals surface area contributed by atoms with Crippen LogP contribution in [0, 0.1) is 305 Å². The molecule has 0 aliphatic rings. The van der Waals surface area contributed by atoms with Crippen LogP contribution in [0.1, 0.15) is 0 Å². The van der Waals surface area contributed by atoms with Crippen LogP contribution in [0.15, 0.2) is 101 Å². The number of halogens is 10. The Morgan fingerprint density at radius 3 is 1.43 bits per heavy atom. The third-order valence-electron chi connectivity index (χ3n) is 5.28. The van der Waals surface area contributed by atoms with Crippen molar-refractivity contribution in [2.24, 2.45) is 0 Å². The van der Waals surface area contributed by atoms with Gasteiger partial charge in [-0.2, -0.15) is 0 Å².